The van der Waals surface area contributed by atoms with Crippen molar-refractivity contribution >= 4 is 23.7 Å². The number of benzene rings is 1. The summed E-state index contributed by atoms with van der Waals surface area (Å²) in [6.07, 6.45) is 0. The van der Waals surface area contributed by atoms with Gasteiger partial charge < -0.3 is 10.1 Å². The van der Waals surface area contributed by atoms with Gasteiger partial charge in [-0.05, 0) is 17.5 Å². The molecule has 2 heterocycles. The first-order valence-corrected chi connectivity index (χ1v) is 6.31. The summed E-state index contributed by atoms with van der Waals surface area (Å²) >= 11 is 1.78. The third-order valence-corrected chi connectivity index (χ3v) is 3.70. The second-order valence-corrected chi connectivity index (χ2v) is 4.77. The highest BCUT2D eigenvalue weighted by Gasteiger charge is 2.20. The Bertz CT molecular complexity index is 472. The fraction of sp³-hybridized carbons (Fsp3) is 0.231. The Labute approximate surface area is 111 Å². The van der Waals surface area contributed by atoms with Gasteiger partial charge in [0.1, 0.15) is 12.4 Å². The Kier molecular flexibility index (Phi) is 4.05. The van der Waals surface area contributed by atoms with Crippen LogP contribution in [0.5, 0.6) is 5.75 Å². The molecule has 0 radical (unpaired) electrons. The smallest absolute Gasteiger partial charge is 0.124 e. The van der Waals surface area contributed by atoms with Crippen molar-refractivity contribution in [2.45, 2.75) is 6.04 Å². The van der Waals surface area contributed by atoms with Crippen LogP contribution in [-0.4, -0.2) is 13.2 Å². The van der Waals surface area contributed by atoms with Crippen molar-refractivity contribution in [2.75, 3.05) is 13.2 Å². The van der Waals surface area contributed by atoms with Crippen molar-refractivity contribution in [1.82, 2.24) is 5.32 Å². The minimum atomic E-state index is 0. The highest BCUT2D eigenvalue weighted by atomic mass is 35.5. The first kappa shape index (κ1) is 12.4. The molecule has 1 aliphatic heterocycles. The average molecular weight is 268 g/mol. The number of halogens is 1. The van der Waals surface area contributed by atoms with Crippen LogP contribution in [0.4, 0.5) is 0 Å². The highest BCUT2D eigenvalue weighted by molar-refractivity contribution is 7.10. The maximum absolute atomic E-state index is 5.72. The second-order valence-electron chi connectivity index (χ2n) is 3.79. The lowest BCUT2D eigenvalue weighted by atomic mass is 10.0. The molecule has 90 valence electrons. The SMILES string of the molecule is Cl.c1csc(C2NCCOc3ccccc32)c1. The van der Waals surface area contributed by atoms with E-state index in [0.29, 0.717) is 0 Å². The molecule has 1 aliphatic rings. The molecule has 0 saturated carbocycles. The van der Waals surface area contributed by atoms with Gasteiger partial charge in [0.05, 0.1) is 6.04 Å². The summed E-state index contributed by atoms with van der Waals surface area (Å²) in [6, 6.07) is 12.8. The molecule has 1 atom stereocenters. The van der Waals surface area contributed by atoms with E-state index in [2.05, 4.69) is 35.0 Å². The fourth-order valence-corrected chi connectivity index (χ4v) is 2.85. The Morgan fingerprint density at radius 2 is 2.06 bits per heavy atom. The predicted octanol–water partition coefficient (Wildman–Crippen LogP) is 3.24. The van der Waals surface area contributed by atoms with Gasteiger partial charge >= 0.3 is 0 Å². The van der Waals surface area contributed by atoms with Gasteiger partial charge in [-0.3, -0.25) is 0 Å². The van der Waals surface area contributed by atoms with E-state index in [1.807, 2.05) is 12.1 Å². The molecule has 0 spiro atoms. The zero-order valence-electron chi connectivity index (χ0n) is 9.26. The average Bonchev–Trinajstić information content (AvgIpc) is 2.76. The molecule has 4 heteroatoms. The number of ether oxygens (including phenoxy) is 1. The maximum atomic E-state index is 5.72. The van der Waals surface area contributed by atoms with Crippen LogP contribution in [0.1, 0.15) is 16.5 Å². The summed E-state index contributed by atoms with van der Waals surface area (Å²) in [5, 5.41) is 5.64. The molecular formula is C13H14ClNOS. The number of hydrogen-bond donors (Lipinski definition) is 1. The van der Waals surface area contributed by atoms with Crippen LogP contribution in [-0.2, 0) is 0 Å². The number of fused-ring (bicyclic) bond motifs is 1. The molecule has 1 aromatic carbocycles. The molecule has 0 amide bonds. The number of para-hydroxylation sites is 1. The Hall–Kier alpha value is -1.03. The van der Waals surface area contributed by atoms with E-state index < -0.39 is 0 Å². The van der Waals surface area contributed by atoms with Gasteiger partial charge in [0.2, 0.25) is 0 Å². The van der Waals surface area contributed by atoms with Crippen LogP contribution < -0.4 is 10.1 Å². The van der Waals surface area contributed by atoms with Crippen LogP contribution >= 0.6 is 23.7 Å². The summed E-state index contributed by atoms with van der Waals surface area (Å²) in [6.45, 7) is 1.62. The van der Waals surface area contributed by atoms with Gasteiger partial charge in [-0.2, -0.15) is 0 Å². The van der Waals surface area contributed by atoms with E-state index in [9.17, 15) is 0 Å². The lowest BCUT2D eigenvalue weighted by molar-refractivity contribution is 0.325. The van der Waals surface area contributed by atoms with E-state index in [1.54, 1.807) is 11.3 Å². The van der Waals surface area contributed by atoms with Crippen molar-refractivity contribution in [3.05, 3.63) is 52.2 Å². The molecule has 17 heavy (non-hydrogen) atoms. The largest absolute Gasteiger partial charge is 0.492 e. The lowest BCUT2D eigenvalue weighted by Gasteiger charge is -2.15. The number of hydrogen-bond acceptors (Lipinski definition) is 3. The molecule has 2 nitrogen and oxygen atoms in total. The normalized spacial score (nSPS) is 18.5. The Morgan fingerprint density at radius 1 is 1.18 bits per heavy atom. The van der Waals surface area contributed by atoms with E-state index >= 15 is 0 Å². The van der Waals surface area contributed by atoms with Gasteiger partial charge in [0.15, 0.2) is 0 Å². The van der Waals surface area contributed by atoms with Gasteiger partial charge in [-0.25, -0.2) is 0 Å². The van der Waals surface area contributed by atoms with Gasteiger partial charge in [-0.1, -0.05) is 24.3 Å². The minimum Gasteiger partial charge on any atom is -0.492 e. The van der Waals surface area contributed by atoms with E-state index in [0.717, 1.165) is 18.9 Å². The topological polar surface area (TPSA) is 21.3 Å². The molecule has 1 N–H and O–H groups in total. The minimum absolute atomic E-state index is 0. The Morgan fingerprint density at radius 3 is 2.88 bits per heavy atom. The first-order chi connectivity index (χ1) is 7.95. The highest BCUT2D eigenvalue weighted by Crippen LogP contribution is 2.33. The van der Waals surface area contributed by atoms with Gasteiger partial charge in [-0.15, -0.1) is 23.7 Å². The summed E-state index contributed by atoms with van der Waals surface area (Å²) in [7, 11) is 0. The maximum Gasteiger partial charge on any atom is 0.124 e. The summed E-state index contributed by atoms with van der Waals surface area (Å²) in [4.78, 5) is 1.35. The van der Waals surface area contributed by atoms with Crippen LogP contribution in [0.25, 0.3) is 0 Å². The van der Waals surface area contributed by atoms with Crippen molar-refractivity contribution in [2.24, 2.45) is 0 Å². The molecule has 1 unspecified atom stereocenters. The Balaban J connectivity index is 0.00000108. The summed E-state index contributed by atoms with van der Waals surface area (Å²) in [5.41, 5.74) is 1.24. The number of rotatable bonds is 1. The van der Waals surface area contributed by atoms with Crippen LogP contribution in [0.2, 0.25) is 0 Å². The fourth-order valence-electron chi connectivity index (χ4n) is 2.03. The van der Waals surface area contributed by atoms with Gasteiger partial charge in [0, 0.05) is 17.0 Å². The van der Waals surface area contributed by atoms with E-state index in [-0.39, 0.29) is 18.4 Å². The first-order valence-electron chi connectivity index (χ1n) is 5.43. The third-order valence-electron chi connectivity index (χ3n) is 2.77. The number of nitrogens with one attached hydrogen (secondary N) is 1. The molecule has 0 fully saturated rings. The molecule has 2 aromatic rings. The van der Waals surface area contributed by atoms with Crippen molar-refractivity contribution < 1.29 is 4.74 Å². The van der Waals surface area contributed by atoms with Gasteiger partial charge in [0.25, 0.3) is 0 Å². The van der Waals surface area contributed by atoms with E-state index in [1.165, 1.54) is 10.4 Å². The quantitative estimate of drug-likeness (QED) is 0.857. The molecular weight excluding hydrogens is 254 g/mol. The van der Waals surface area contributed by atoms with Crippen molar-refractivity contribution in [3.8, 4) is 5.75 Å². The standard InChI is InChI=1S/C13H13NOS.ClH/c1-2-5-11-10(4-1)13(14-7-8-15-11)12-6-3-9-16-12;/h1-6,9,13-14H,7-8H2;1H. The summed E-state index contributed by atoms with van der Waals surface area (Å²) < 4.78 is 5.72. The molecule has 3 rings (SSSR count). The van der Waals surface area contributed by atoms with Crippen LogP contribution in [0, 0.1) is 0 Å². The summed E-state index contributed by atoms with van der Waals surface area (Å²) in [5.74, 6) is 1.01. The molecule has 0 saturated heterocycles. The van der Waals surface area contributed by atoms with Crippen molar-refractivity contribution in [1.29, 1.82) is 0 Å². The zero-order valence-corrected chi connectivity index (χ0v) is 10.9. The van der Waals surface area contributed by atoms with Crippen LogP contribution in [0.3, 0.4) is 0 Å². The molecule has 1 aromatic heterocycles. The zero-order chi connectivity index (χ0) is 10.8. The van der Waals surface area contributed by atoms with Crippen LogP contribution in [0.15, 0.2) is 41.8 Å². The van der Waals surface area contributed by atoms with E-state index in [4.69, 9.17) is 4.74 Å². The lowest BCUT2D eigenvalue weighted by Crippen LogP contribution is -2.22. The predicted molar refractivity (Wildman–Crippen MR) is 73.3 cm³/mol. The number of thiophene rings is 1. The van der Waals surface area contributed by atoms with Crippen molar-refractivity contribution in [3.63, 3.8) is 0 Å². The molecule has 0 aliphatic carbocycles. The third kappa shape index (κ3) is 2.46. The second kappa shape index (κ2) is 5.54. The monoisotopic (exact) mass is 267 g/mol. The molecule has 0 bridgehead atoms.